The molecule has 0 spiro atoms. The van der Waals surface area contributed by atoms with Gasteiger partial charge in [-0.05, 0) is 11.6 Å². The van der Waals surface area contributed by atoms with Gasteiger partial charge in [-0.2, -0.15) is 0 Å². The maximum atomic E-state index is 11.8. The number of nitrogens with one attached hydrogen (secondary N) is 1. The summed E-state index contributed by atoms with van der Waals surface area (Å²) >= 11 is 0. The molecular weight excluding hydrogens is 242 g/mol. The van der Waals surface area contributed by atoms with Crippen LogP contribution in [0.3, 0.4) is 0 Å². The summed E-state index contributed by atoms with van der Waals surface area (Å²) in [6, 6.07) is 6.53. The minimum absolute atomic E-state index is 0.00592. The highest BCUT2D eigenvalue weighted by Gasteiger charge is 2.33. The van der Waals surface area contributed by atoms with Crippen molar-refractivity contribution in [3.8, 4) is 0 Å². The van der Waals surface area contributed by atoms with Crippen LogP contribution in [0.4, 0.5) is 0 Å². The second-order valence-corrected chi connectivity index (χ2v) is 5.97. The zero-order valence-electron chi connectivity index (χ0n) is 9.09. The third-order valence-electron chi connectivity index (χ3n) is 2.75. The van der Waals surface area contributed by atoms with Gasteiger partial charge in [0, 0.05) is 12.6 Å². The first-order valence-corrected chi connectivity index (χ1v) is 6.93. The topological polar surface area (TPSA) is 83.5 Å². The molecule has 1 aliphatic heterocycles. The Morgan fingerprint density at radius 3 is 2.82 bits per heavy atom. The van der Waals surface area contributed by atoms with Crippen LogP contribution in [0.1, 0.15) is 18.0 Å². The Bertz CT molecular complexity index is 538. The third-order valence-corrected chi connectivity index (χ3v) is 4.56. The molecule has 2 N–H and O–H groups in total. The Balaban J connectivity index is 2.15. The minimum Gasteiger partial charge on any atom is -0.481 e. The summed E-state index contributed by atoms with van der Waals surface area (Å²) in [5.41, 5.74) is 0.734. The van der Waals surface area contributed by atoms with E-state index in [0.29, 0.717) is 4.90 Å². The average molecular weight is 255 g/mol. The standard InChI is InChI=1S/C11H13NO4S/c13-11(14)5-6-12-9-7-17(15,16)10-4-2-1-3-8(9)10/h1-4,9,12H,5-7H2,(H,13,14). The molecule has 0 aliphatic carbocycles. The predicted molar refractivity (Wildman–Crippen MR) is 61.5 cm³/mol. The number of hydrogen-bond acceptors (Lipinski definition) is 4. The van der Waals surface area contributed by atoms with Crippen LogP contribution >= 0.6 is 0 Å². The monoisotopic (exact) mass is 255 g/mol. The highest BCUT2D eigenvalue weighted by atomic mass is 32.2. The molecule has 0 saturated carbocycles. The molecular formula is C11H13NO4S. The Hall–Kier alpha value is -1.40. The van der Waals surface area contributed by atoms with Gasteiger partial charge in [-0.25, -0.2) is 8.42 Å². The summed E-state index contributed by atoms with van der Waals surface area (Å²) in [6.07, 6.45) is -0.0152. The molecule has 1 unspecified atom stereocenters. The lowest BCUT2D eigenvalue weighted by Crippen LogP contribution is -2.25. The molecule has 92 valence electrons. The van der Waals surface area contributed by atoms with Crippen LogP contribution in [0.2, 0.25) is 0 Å². The van der Waals surface area contributed by atoms with Crippen molar-refractivity contribution in [2.24, 2.45) is 0 Å². The maximum Gasteiger partial charge on any atom is 0.304 e. The second-order valence-electron chi connectivity index (χ2n) is 3.97. The SMILES string of the molecule is O=C(O)CCNC1CS(=O)(=O)c2ccccc21. The first-order chi connectivity index (χ1) is 8.00. The summed E-state index contributed by atoms with van der Waals surface area (Å²) < 4.78 is 23.6. The van der Waals surface area contributed by atoms with Crippen LogP contribution in [-0.4, -0.2) is 31.8 Å². The number of carbonyl (C=O) groups is 1. The van der Waals surface area contributed by atoms with Crippen molar-refractivity contribution in [2.75, 3.05) is 12.3 Å². The largest absolute Gasteiger partial charge is 0.481 e. The van der Waals surface area contributed by atoms with Gasteiger partial charge in [-0.3, -0.25) is 4.79 Å². The summed E-state index contributed by atoms with van der Waals surface area (Å²) in [5, 5.41) is 11.5. The number of aliphatic carboxylic acids is 1. The quantitative estimate of drug-likeness (QED) is 0.822. The van der Waals surface area contributed by atoms with Crippen molar-refractivity contribution < 1.29 is 18.3 Å². The van der Waals surface area contributed by atoms with Crippen LogP contribution in [0.15, 0.2) is 29.2 Å². The molecule has 0 radical (unpaired) electrons. The van der Waals surface area contributed by atoms with E-state index in [4.69, 9.17) is 5.11 Å². The van der Waals surface area contributed by atoms with Crippen LogP contribution in [0.25, 0.3) is 0 Å². The van der Waals surface area contributed by atoms with Gasteiger partial charge in [-0.15, -0.1) is 0 Å². The first kappa shape index (κ1) is 12.1. The molecule has 1 aliphatic rings. The lowest BCUT2D eigenvalue weighted by molar-refractivity contribution is -0.136. The van der Waals surface area contributed by atoms with Crippen molar-refractivity contribution in [1.82, 2.24) is 5.32 Å². The molecule has 2 rings (SSSR count). The number of benzene rings is 1. The molecule has 0 saturated heterocycles. The number of carboxylic acid groups (broad SMARTS) is 1. The van der Waals surface area contributed by atoms with Gasteiger partial charge in [0.1, 0.15) is 0 Å². The molecule has 1 aromatic carbocycles. The van der Waals surface area contributed by atoms with Crippen molar-refractivity contribution in [3.63, 3.8) is 0 Å². The van der Waals surface area contributed by atoms with Crippen LogP contribution in [-0.2, 0) is 14.6 Å². The zero-order chi connectivity index (χ0) is 12.5. The van der Waals surface area contributed by atoms with Crippen LogP contribution in [0.5, 0.6) is 0 Å². The summed E-state index contributed by atoms with van der Waals surface area (Å²) in [7, 11) is -3.22. The predicted octanol–water partition coefficient (Wildman–Crippen LogP) is 0.579. The van der Waals surface area contributed by atoms with Crippen molar-refractivity contribution in [1.29, 1.82) is 0 Å². The summed E-state index contributed by atoms with van der Waals surface area (Å²) in [6.45, 7) is 0.268. The highest BCUT2D eigenvalue weighted by molar-refractivity contribution is 7.91. The summed E-state index contributed by atoms with van der Waals surface area (Å²) in [4.78, 5) is 10.7. The molecule has 0 amide bonds. The molecule has 0 aromatic heterocycles. The first-order valence-electron chi connectivity index (χ1n) is 5.27. The number of fused-ring (bicyclic) bond motifs is 1. The van der Waals surface area contributed by atoms with E-state index < -0.39 is 15.8 Å². The van der Waals surface area contributed by atoms with E-state index in [1.807, 2.05) is 0 Å². The van der Waals surface area contributed by atoms with Gasteiger partial charge < -0.3 is 10.4 Å². The van der Waals surface area contributed by atoms with Crippen molar-refractivity contribution in [2.45, 2.75) is 17.4 Å². The van der Waals surface area contributed by atoms with E-state index in [0.717, 1.165) is 5.56 Å². The van der Waals surface area contributed by atoms with E-state index in [2.05, 4.69) is 5.32 Å². The number of sulfone groups is 1. The fourth-order valence-electron chi connectivity index (χ4n) is 1.97. The van der Waals surface area contributed by atoms with Gasteiger partial charge in [0.25, 0.3) is 0 Å². The van der Waals surface area contributed by atoms with Crippen LogP contribution in [0, 0.1) is 0 Å². The van der Waals surface area contributed by atoms with Gasteiger partial charge >= 0.3 is 5.97 Å². The third kappa shape index (κ3) is 2.48. The molecule has 5 nitrogen and oxygen atoms in total. The molecule has 1 aromatic rings. The molecule has 1 atom stereocenters. The second kappa shape index (κ2) is 4.46. The average Bonchev–Trinajstić information content (AvgIpc) is 2.51. The molecule has 0 bridgehead atoms. The Kier molecular flexibility index (Phi) is 3.17. The molecule has 6 heteroatoms. The van der Waals surface area contributed by atoms with Crippen LogP contribution < -0.4 is 5.32 Å². The number of carboxylic acids is 1. The normalized spacial score (nSPS) is 21.1. The van der Waals surface area contributed by atoms with E-state index >= 15 is 0 Å². The number of hydrogen-bond donors (Lipinski definition) is 2. The Morgan fingerprint density at radius 2 is 2.12 bits per heavy atom. The molecule has 1 heterocycles. The Morgan fingerprint density at radius 1 is 1.41 bits per heavy atom. The van der Waals surface area contributed by atoms with E-state index in [-0.39, 0.29) is 24.8 Å². The Labute approximate surface area is 99.4 Å². The highest BCUT2D eigenvalue weighted by Crippen LogP contribution is 2.32. The molecule has 17 heavy (non-hydrogen) atoms. The van der Waals surface area contributed by atoms with Crippen molar-refractivity contribution in [3.05, 3.63) is 29.8 Å². The zero-order valence-corrected chi connectivity index (χ0v) is 9.90. The van der Waals surface area contributed by atoms with E-state index in [9.17, 15) is 13.2 Å². The lowest BCUT2D eigenvalue weighted by atomic mass is 10.1. The fraction of sp³-hybridized carbons (Fsp3) is 0.364. The maximum absolute atomic E-state index is 11.8. The summed E-state index contributed by atoms with van der Waals surface area (Å²) in [5.74, 6) is -0.891. The number of rotatable bonds is 4. The fourth-order valence-corrected chi connectivity index (χ4v) is 3.74. The van der Waals surface area contributed by atoms with E-state index in [1.54, 1.807) is 24.3 Å². The van der Waals surface area contributed by atoms with Gasteiger partial charge in [0.2, 0.25) is 0 Å². The minimum atomic E-state index is -3.22. The smallest absolute Gasteiger partial charge is 0.304 e. The molecule has 0 fully saturated rings. The van der Waals surface area contributed by atoms with Crippen molar-refractivity contribution >= 4 is 15.8 Å². The van der Waals surface area contributed by atoms with Gasteiger partial charge in [0.15, 0.2) is 9.84 Å². The van der Waals surface area contributed by atoms with E-state index in [1.165, 1.54) is 0 Å². The lowest BCUT2D eigenvalue weighted by Gasteiger charge is -2.11. The van der Waals surface area contributed by atoms with Gasteiger partial charge in [0.05, 0.1) is 17.1 Å². The van der Waals surface area contributed by atoms with Gasteiger partial charge in [-0.1, -0.05) is 18.2 Å².